The number of aromatic nitrogens is 3. The molecule has 0 bridgehead atoms. The van der Waals surface area contributed by atoms with E-state index in [1.807, 2.05) is 26.0 Å². The van der Waals surface area contributed by atoms with E-state index < -0.39 is 10.0 Å². The third kappa shape index (κ3) is 5.73. The molecule has 0 amide bonds. The molecule has 3 aromatic rings. The first-order valence-corrected chi connectivity index (χ1v) is 13.7. The fraction of sp³-hybridized carbons (Fsp3) is 0.423. The van der Waals surface area contributed by atoms with Crippen molar-refractivity contribution in [2.45, 2.75) is 44.8 Å². The predicted octanol–water partition coefficient (Wildman–Crippen LogP) is 4.10. The fourth-order valence-corrected chi connectivity index (χ4v) is 6.29. The van der Waals surface area contributed by atoms with Crippen LogP contribution in [0.5, 0.6) is 0 Å². The maximum absolute atomic E-state index is 13.5. The number of nitrogens with one attached hydrogen (secondary N) is 2. The largest absolute Gasteiger partial charge is 0.355 e. The molecule has 1 aliphatic rings. The summed E-state index contributed by atoms with van der Waals surface area (Å²) in [5.74, 6) is 0.0667. The molecule has 0 radical (unpaired) electrons. The number of benzene rings is 2. The fourth-order valence-electron chi connectivity index (χ4n) is 4.88. The van der Waals surface area contributed by atoms with Gasteiger partial charge in [-0.05, 0) is 67.3 Å². The Kier molecular flexibility index (Phi) is 7.77. The van der Waals surface area contributed by atoms with Crippen LogP contribution in [0.15, 0.2) is 47.6 Å². The molecule has 1 aliphatic heterocycles. The highest BCUT2D eigenvalue weighted by Gasteiger charge is 2.40. The molecule has 37 heavy (non-hydrogen) atoms. The molecule has 2 unspecified atom stereocenters. The van der Waals surface area contributed by atoms with Crippen molar-refractivity contribution in [1.82, 2.24) is 24.2 Å². The van der Waals surface area contributed by atoms with Crippen LogP contribution in [0.2, 0.25) is 0 Å². The summed E-state index contributed by atoms with van der Waals surface area (Å²) in [5, 5.41) is 19.3. The van der Waals surface area contributed by atoms with Crippen LogP contribution in [0.4, 0.5) is 15.8 Å². The van der Waals surface area contributed by atoms with Crippen molar-refractivity contribution in [3.05, 3.63) is 65.1 Å². The lowest BCUT2D eigenvalue weighted by Gasteiger charge is -2.46. The van der Waals surface area contributed by atoms with Crippen molar-refractivity contribution < 1.29 is 12.8 Å². The number of piperazine rings is 1. The van der Waals surface area contributed by atoms with Crippen LogP contribution >= 0.6 is 0 Å². The molecule has 11 heteroatoms. The maximum Gasteiger partial charge on any atom is 0.264 e. The normalized spacial score (nSPS) is 19.3. The third-order valence-corrected chi connectivity index (χ3v) is 8.34. The molecule has 0 saturated carbocycles. The van der Waals surface area contributed by atoms with Gasteiger partial charge in [-0.3, -0.25) is 4.90 Å². The van der Waals surface area contributed by atoms with Gasteiger partial charge in [-0.15, -0.1) is 5.10 Å². The van der Waals surface area contributed by atoms with Gasteiger partial charge in [0, 0.05) is 61.9 Å². The summed E-state index contributed by atoms with van der Waals surface area (Å²) in [6.45, 7) is 9.76. The molecule has 1 aromatic heterocycles. The molecule has 198 valence electrons. The van der Waals surface area contributed by atoms with Crippen LogP contribution in [0.1, 0.15) is 43.5 Å². The van der Waals surface area contributed by atoms with E-state index in [9.17, 15) is 12.8 Å². The Bertz CT molecular complexity index is 1370. The van der Waals surface area contributed by atoms with Gasteiger partial charge in [0.25, 0.3) is 10.0 Å². The number of hydrogen-bond donors (Lipinski definition) is 2. The minimum Gasteiger partial charge on any atom is -0.355 e. The van der Waals surface area contributed by atoms with Gasteiger partial charge in [0.15, 0.2) is 0 Å². The molecular formula is C26H34FN7O2S. The summed E-state index contributed by atoms with van der Waals surface area (Å²) in [5.41, 5.74) is 4.04. The minimum absolute atomic E-state index is 0.0348. The number of anilines is 2. The molecule has 2 aromatic carbocycles. The second kappa shape index (κ2) is 10.7. The van der Waals surface area contributed by atoms with Crippen LogP contribution in [-0.2, 0) is 17.1 Å². The van der Waals surface area contributed by atoms with E-state index in [4.69, 9.17) is 5.41 Å². The van der Waals surface area contributed by atoms with E-state index in [0.717, 1.165) is 23.4 Å². The quantitative estimate of drug-likeness (QED) is 0.427. The standard InChI is InChI=1S/C26H34FN7O2S/c1-17(2)14-34-19(4)15-33(37(35,36)26-13-29-32(5)31-26)16-25(34)23-11-20(12-28)24(10-18(23)3)30-22-8-6-21(27)7-9-22/h6-13,17,19,25,28,30H,14-16H2,1-5H3. The Morgan fingerprint density at radius 1 is 1.22 bits per heavy atom. The van der Waals surface area contributed by atoms with Gasteiger partial charge in [-0.2, -0.15) is 14.2 Å². The molecule has 9 nitrogen and oxygen atoms in total. The zero-order valence-corrected chi connectivity index (χ0v) is 22.6. The summed E-state index contributed by atoms with van der Waals surface area (Å²) >= 11 is 0. The van der Waals surface area contributed by atoms with Crippen molar-refractivity contribution in [3.8, 4) is 0 Å². The summed E-state index contributed by atoms with van der Waals surface area (Å²) in [6.07, 6.45) is 2.56. The van der Waals surface area contributed by atoms with E-state index in [2.05, 4.69) is 34.3 Å². The van der Waals surface area contributed by atoms with Crippen LogP contribution in [0, 0.1) is 24.1 Å². The number of nitrogens with zero attached hydrogens (tertiary/aromatic N) is 5. The smallest absolute Gasteiger partial charge is 0.264 e. The van der Waals surface area contributed by atoms with Gasteiger partial charge in [-0.1, -0.05) is 13.8 Å². The Hall–Kier alpha value is -3.15. The van der Waals surface area contributed by atoms with Crippen LogP contribution in [-0.4, -0.2) is 64.5 Å². The molecule has 0 aliphatic carbocycles. The highest BCUT2D eigenvalue weighted by atomic mass is 32.2. The minimum atomic E-state index is -3.82. The Labute approximate surface area is 217 Å². The Balaban J connectivity index is 1.73. The zero-order valence-electron chi connectivity index (χ0n) is 21.8. The highest BCUT2D eigenvalue weighted by molar-refractivity contribution is 7.89. The number of halogens is 1. The van der Waals surface area contributed by atoms with Crippen LogP contribution in [0.3, 0.4) is 0 Å². The molecule has 2 heterocycles. The molecule has 2 N–H and O–H groups in total. The number of hydrogen-bond acceptors (Lipinski definition) is 7. The number of sulfonamides is 1. The van der Waals surface area contributed by atoms with Crippen molar-refractivity contribution >= 4 is 27.6 Å². The number of aryl methyl sites for hydroxylation is 2. The zero-order chi connectivity index (χ0) is 26.9. The Morgan fingerprint density at radius 2 is 1.92 bits per heavy atom. The topological polar surface area (TPSA) is 107 Å². The summed E-state index contributed by atoms with van der Waals surface area (Å²) in [6, 6.07) is 9.73. The van der Waals surface area contributed by atoms with Gasteiger partial charge in [0.1, 0.15) is 5.82 Å². The second-order valence-electron chi connectivity index (χ2n) is 10.0. The van der Waals surface area contributed by atoms with E-state index in [0.29, 0.717) is 23.7 Å². The lowest BCUT2D eigenvalue weighted by Crippen LogP contribution is -2.55. The molecule has 1 saturated heterocycles. The second-order valence-corrected chi connectivity index (χ2v) is 11.9. The van der Waals surface area contributed by atoms with E-state index >= 15 is 0 Å². The first-order chi connectivity index (χ1) is 17.5. The lowest BCUT2D eigenvalue weighted by atomic mass is 9.93. The van der Waals surface area contributed by atoms with Gasteiger partial charge in [0.05, 0.1) is 6.20 Å². The summed E-state index contributed by atoms with van der Waals surface area (Å²) in [7, 11) is -2.23. The first-order valence-electron chi connectivity index (χ1n) is 12.3. The predicted molar refractivity (Wildman–Crippen MR) is 142 cm³/mol. The Morgan fingerprint density at radius 3 is 2.51 bits per heavy atom. The molecule has 0 spiro atoms. The molecule has 4 rings (SSSR count). The summed E-state index contributed by atoms with van der Waals surface area (Å²) < 4.78 is 41.8. The van der Waals surface area contributed by atoms with Gasteiger partial charge >= 0.3 is 0 Å². The van der Waals surface area contributed by atoms with Crippen molar-refractivity contribution in [2.75, 3.05) is 25.0 Å². The van der Waals surface area contributed by atoms with Crippen LogP contribution in [0.25, 0.3) is 0 Å². The van der Waals surface area contributed by atoms with E-state index in [-0.39, 0.29) is 29.5 Å². The number of rotatable bonds is 8. The van der Waals surface area contributed by atoms with E-state index in [1.54, 1.807) is 19.2 Å². The van der Waals surface area contributed by atoms with Crippen molar-refractivity contribution in [2.24, 2.45) is 13.0 Å². The van der Waals surface area contributed by atoms with Crippen molar-refractivity contribution in [3.63, 3.8) is 0 Å². The summed E-state index contributed by atoms with van der Waals surface area (Å²) in [4.78, 5) is 3.60. The monoisotopic (exact) mass is 527 g/mol. The first kappa shape index (κ1) is 26.9. The average Bonchev–Trinajstić information content (AvgIpc) is 3.29. The highest BCUT2D eigenvalue weighted by Crippen LogP contribution is 2.36. The molecule has 2 atom stereocenters. The average molecular weight is 528 g/mol. The van der Waals surface area contributed by atoms with Gasteiger partial charge in [0.2, 0.25) is 5.03 Å². The van der Waals surface area contributed by atoms with E-state index in [1.165, 1.54) is 33.6 Å². The molecule has 1 fully saturated rings. The molecular weight excluding hydrogens is 493 g/mol. The van der Waals surface area contributed by atoms with Gasteiger partial charge in [-0.25, -0.2) is 12.8 Å². The van der Waals surface area contributed by atoms with Gasteiger partial charge < -0.3 is 10.7 Å². The third-order valence-electron chi connectivity index (χ3n) is 6.65. The lowest BCUT2D eigenvalue weighted by molar-refractivity contribution is 0.0558. The van der Waals surface area contributed by atoms with Crippen LogP contribution < -0.4 is 5.32 Å². The SMILES string of the molecule is Cc1cc(Nc2ccc(F)cc2)c(C=N)cc1C1CN(S(=O)(=O)c2cnn(C)n2)CC(C)N1CC(C)C. The maximum atomic E-state index is 13.5. The van der Waals surface area contributed by atoms with Crippen molar-refractivity contribution in [1.29, 1.82) is 5.41 Å².